The molecule has 0 aromatic carbocycles. The van der Waals surface area contributed by atoms with Gasteiger partial charge >= 0.3 is 12.0 Å². The third-order valence-electron chi connectivity index (χ3n) is 1.73. The third-order valence-corrected chi connectivity index (χ3v) is 1.73. The van der Waals surface area contributed by atoms with E-state index >= 15 is 0 Å². The first kappa shape index (κ1) is 9.50. The van der Waals surface area contributed by atoms with Crippen molar-refractivity contribution in [2.75, 3.05) is 6.61 Å². The summed E-state index contributed by atoms with van der Waals surface area (Å²) in [5.74, 6) is -1.44. The number of nitrogens with one attached hydrogen (secondary N) is 2. The maximum Gasteiger partial charge on any atom is 0.341 e. The van der Waals surface area contributed by atoms with Crippen molar-refractivity contribution in [1.29, 1.82) is 0 Å². The molecule has 1 saturated heterocycles. The van der Waals surface area contributed by atoms with Gasteiger partial charge in [0, 0.05) is 0 Å². The summed E-state index contributed by atoms with van der Waals surface area (Å²) in [4.78, 5) is 33.1. The first-order valence-corrected chi connectivity index (χ1v) is 3.81. The van der Waals surface area contributed by atoms with E-state index in [4.69, 9.17) is 0 Å². The van der Waals surface area contributed by atoms with Crippen LogP contribution in [-0.4, -0.2) is 30.1 Å². The Morgan fingerprint density at radius 2 is 2.15 bits per heavy atom. The van der Waals surface area contributed by atoms with Crippen LogP contribution in [0.25, 0.3) is 0 Å². The summed E-state index contributed by atoms with van der Waals surface area (Å²) >= 11 is 0. The quantitative estimate of drug-likeness (QED) is 0.334. The molecule has 6 nitrogen and oxygen atoms in total. The topological polar surface area (TPSA) is 84.5 Å². The molecule has 2 N–H and O–H groups in total. The molecule has 0 aliphatic carbocycles. The molecular formula is C7H10N2O4. The summed E-state index contributed by atoms with van der Waals surface area (Å²) in [5.41, 5.74) is -1.58. The van der Waals surface area contributed by atoms with Gasteiger partial charge in [0.25, 0.3) is 5.91 Å². The number of ether oxygens (including phenoxy) is 1. The van der Waals surface area contributed by atoms with Crippen LogP contribution in [0.4, 0.5) is 4.79 Å². The molecule has 6 heteroatoms. The summed E-state index contributed by atoms with van der Waals surface area (Å²) < 4.78 is 4.63. The molecule has 1 rings (SSSR count). The Morgan fingerprint density at radius 1 is 1.54 bits per heavy atom. The van der Waals surface area contributed by atoms with E-state index in [0.717, 1.165) is 0 Å². The zero-order valence-electron chi connectivity index (χ0n) is 7.34. The van der Waals surface area contributed by atoms with E-state index in [1.165, 1.54) is 6.92 Å². The molecule has 1 heterocycles. The van der Waals surface area contributed by atoms with E-state index < -0.39 is 23.4 Å². The van der Waals surface area contributed by atoms with Gasteiger partial charge in [-0.1, -0.05) is 0 Å². The summed E-state index contributed by atoms with van der Waals surface area (Å²) in [7, 11) is 0. The number of urea groups is 1. The van der Waals surface area contributed by atoms with Crippen molar-refractivity contribution in [3.05, 3.63) is 0 Å². The number of carbonyl (C=O) groups is 3. The first-order chi connectivity index (χ1) is 6.00. The van der Waals surface area contributed by atoms with Crippen LogP contribution in [0.3, 0.4) is 0 Å². The van der Waals surface area contributed by atoms with E-state index in [1.807, 2.05) is 5.32 Å². The van der Waals surface area contributed by atoms with Gasteiger partial charge in [-0.3, -0.25) is 10.1 Å². The standard InChI is InChI=1S/C7H10N2O4/c1-3-13-5(11)7(2)4(10)8-6(12)9-7/h3H2,1-2H3,(H2,8,9,10,12)/t7-/m0/s1. The van der Waals surface area contributed by atoms with Gasteiger partial charge in [-0.2, -0.15) is 0 Å². The largest absolute Gasteiger partial charge is 0.464 e. The SMILES string of the molecule is CCOC(=O)[C@@]1(C)NC(=O)NC1=O. The van der Waals surface area contributed by atoms with Gasteiger partial charge in [0.2, 0.25) is 5.54 Å². The predicted octanol–water partition coefficient (Wildman–Crippen LogP) is -0.852. The Kier molecular flexibility index (Phi) is 2.22. The van der Waals surface area contributed by atoms with Crippen LogP contribution in [-0.2, 0) is 14.3 Å². The lowest BCUT2D eigenvalue weighted by Crippen LogP contribution is -2.52. The van der Waals surface area contributed by atoms with E-state index in [1.54, 1.807) is 6.92 Å². The van der Waals surface area contributed by atoms with Crippen molar-refractivity contribution in [1.82, 2.24) is 10.6 Å². The zero-order chi connectivity index (χ0) is 10.1. The highest BCUT2D eigenvalue weighted by Gasteiger charge is 2.49. The van der Waals surface area contributed by atoms with Gasteiger partial charge in [-0.25, -0.2) is 9.59 Å². The van der Waals surface area contributed by atoms with Crippen molar-refractivity contribution in [2.45, 2.75) is 19.4 Å². The van der Waals surface area contributed by atoms with Crippen molar-refractivity contribution < 1.29 is 19.1 Å². The second-order valence-electron chi connectivity index (χ2n) is 2.75. The third kappa shape index (κ3) is 1.47. The summed E-state index contributed by atoms with van der Waals surface area (Å²) in [6, 6.07) is -0.680. The Morgan fingerprint density at radius 3 is 2.54 bits per heavy atom. The van der Waals surface area contributed by atoms with E-state index in [9.17, 15) is 14.4 Å². The molecule has 0 aromatic rings. The minimum Gasteiger partial charge on any atom is -0.464 e. The van der Waals surface area contributed by atoms with Crippen LogP contribution in [0.15, 0.2) is 0 Å². The number of imide groups is 1. The lowest BCUT2D eigenvalue weighted by Gasteiger charge is -2.17. The zero-order valence-corrected chi connectivity index (χ0v) is 7.34. The monoisotopic (exact) mass is 186 g/mol. The molecule has 1 fully saturated rings. The minimum absolute atomic E-state index is 0.164. The molecule has 1 aliphatic heterocycles. The molecule has 1 atom stereocenters. The summed E-state index contributed by atoms with van der Waals surface area (Å²) in [5, 5.41) is 4.15. The van der Waals surface area contributed by atoms with Crippen molar-refractivity contribution >= 4 is 17.9 Å². The lowest BCUT2D eigenvalue weighted by atomic mass is 10.0. The normalized spacial score (nSPS) is 26.6. The van der Waals surface area contributed by atoms with Crippen LogP contribution >= 0.6 is 0 Å². The van der Waals surface area contributed by atoms with Gasteiger partial charge in [0.15, 0.2) is 0 Å². The van der Waals surface area contributed by atoms with Gasteiger partial charge in [-0.15, -0.1) is 0 Å². The smallest absolute Gasteiger partial charge is 0.341 e. The maximum atomic E-state index is 11.2. The van der Waals surface area contributed by atoms with Crippen molar-refractivity contribution in [2.24, 2.45) is 0 Å². The molecule has 0 saturated carbocycles. The molecule has 0 aromatic heterocycles. The minimum atomic E-state index is -1.58. The highest BCUT2D eigenvalue weighted by Crippen LogP contribution is 2.11. The fraction of sp³-hybridized carbons (Fsp3) is 0.571. The fourth-order valence-corrected chi connectivity index (χ4v) is 0.962. The molecule has 0 radical (unpaired) electrons. The van der Waals surface area contributed by atoms with Gasteiger partial charge < -0.3 is 10.1 Å². The van der Waals surface area contributed by atoms with Gasteiger partial charge in [0.05, 0.1) is 6.61 Å². The van der Waals surface area contributed by atoms with Crippen molar-refractivity contribution in [3.8, 4) is 0 Å². The Hall–Kier alpha value is -1.59. The Labute approximate surface area is 74.6 Å². The highest BCUT2D eigenvalue weighted by molar-refractivity contribution is 6.18. The second-order valence-corrected chi connectivity index (χ2v) is 2.75. The fourth-order valence-electron chi connectivity index (χ4n) is 0.962. The number of carbonyl (C=O) groups excluding carboxylic acids is 3. The van der Waals surface area contributed by atoms with Gasteiger partial charge in [-0.05, 0) is 13.8 Å². The van der Waals surface area contributed by atoms with Crippen LogP contribution in [0.2, 0.25) is 0 Å². The Bertz CT molecular complexity index is 276. The van der Waals surface area contributed by atoms with E-state index in [0.29, 0.717) is 0 Å². The number of hydrogen-bond donors (Lipinski definition) is 2. The highest BCUT2D eigenvalue weighted by atomic mass is 16.5. The predicted molar refractivity (Wildman–Crippen MR) is 41.7 cm³/mol. The Balaban J connectivity index is 2.81. The van der Waals surface area contributed by atoms with E-state index in [2.05, 4.69) is 10.1 Å². The molecule has 0 bridgehead atoms. The van der Waals surface area contributed by atoms with E-state index in [-0.39, 0.29) is 6.61 Å². The average Bonchev–Trinajstić information content (AvgIpc) is 2.28. The number of hydrogen-bond acceptors (Lipinski definition) is 4. The molecule has 0 unspecified atom stereocenters. The first-order valence-electron chi connectivity index (χ1n) is 3.81. The van der Waals surface area contributed by atoms with Gasteiger partial charge in [0.1, 0.15) is 0 Å². The second kappa shape index (κ2) is 3.04. The van der Waals surface area contributed by atoms with Crippen LogP contribution < -0.4 is 10.6 Å². The van der Waals surface area contributed by atoms with Crippen LogP contribution in [0.1, 0.15) is 13.8 Å². The molecular weight excluding hydrogens is 176 g/mol. The lowest BCUT2D eigenvalue weighted by molar-refractivity contribution is -0.152. The van der Waals surface area contributed by atoms with Crippen LogP contribution in [0, 0.1) is 0 Å². The molecule has 13 heavy (non-hydrogen) atoms. The van der Waals surface area contributed by atoms with Crippen molar-refractivity contribution in [3.63, 3.8) is 0 Å². The molecule has 72 valence electrons. The number of esters is 1. The van der Waals surface area contributed by atoms with Crippen LogP contribution in [0.5, 0.6) is 0 Å². The summed E-state index contributed by atoms with van der Waals surface area (Å²) in [6.45, 7) is 3.08. The number of rotatable bonds is 2. The molecule has 0 spiro atoms. The maximum absolute atomic E-state index is 11.2. The average molecular weight is 186 g/mol. The molecule has 3 amide bonds. The summed E-state index contributed by atoms with van der Waals surface area (Å²) in [6.07, 6.45) is 0. The number of amides is 3. The molecule has 1 aliphatic rings.